The van der Waals surface area contributed by atoms with Gasteiger partial charge in [-0.15, -0.1) is 0 Å². The van der Waals surface area contributed by atoms with Crippen molar-refractivity contribution in [1.82, 2.24) is 0 Å². The van der Waals surface area contributed by atoms with Crippen molar-refractivity contribution in [3.05, 3.63) is 39.9 Å². The quantitative estimate of drug-likeness (QED) is 0.823. The van der Waals surface area contributed by atoms with E-state index in [1.807, 2.05) is 31.2 Å². The molecule has 0 aliphatic carbocycles. The first-order chi connectivity index (χ1) is 6.52. The standard InChI is InChI=1S/C11H11BrO2/c1-7(8(2)11(13)14)9-3-5-10(12)6-4-9/h3-6H,1-2H3,(H,13,14)/b8-7+. The Balaban J connectivity index is 3.12. The number of aliphatic carboxylic acids is 1. The van der Waals surface area contributed by atoms with Gasteiger partial charge in [0.05, 0.1) is 0 Å². The van der Waals surface area contributed by atoms with Crippen LogP contribution in [0.5, 0.6) is 0 Å². The van der Waals surface area contributed by atoms with Gasteiger partial charge in [0, 0.05) is 10.0 Å². The zero-order valence-corrected chi connectivity index (χ0v) is 9.63. The van der Waals surface area contributed by atoms with Crippen LogP contribution in [-0.4, -0.2) is 11.1 Å². The van der Waals surface area contributed by atoms with Crippen molar-refractivity contribution in [1.29, 1.82) is 0 Å². The largest absolute Gasteiger partial charge is 0.478 e. The van der Waals surface area contributed by atoms with Crippen LogP contribution in [0.15, 0.2) is 34.3 Å². The molecule has 2 nitrogen and oxygen atoms in total. The van der Waals surface area contributed by atoms with Gasteiger partial charge in [-0.05, 0) is 37.1 Å². The number of carboxylic acid groups (broad SMARTS) is 1. The van der Waals surface area contributed by atoms with Crippen molar-refractivity contribution in [2.45, 2.75) is 13.8 Å². The van der Waals surface area contributed by atoms with Crippen LogP contribution in [0, 0.1) is 0 Å². The molecule has 3 heteroatoms. The normalized spacial score (nSPS) is 12.2. The molecule has 0 fully saturated rings. The molecule has 0 radical (unpaired) electrons. The zero-order chi connectivity index (χ0) is 10.7. The lowest BCUT2D eigenvalue weighted by Crippen LogP contribution is -1.98. The number of carboxylic acids is 1. The summed E-state index contributed by atoms with van der Waals surface area (Å²) in [6.45, 7) is 3.42. The summed E-state index contributed by atoms with van der Waals surface area (Å²) in [4.78, 5) is 10.7. The maximum Gasteiger partial charge on any atom is 0.331 e. The first-order valence-corrected chi connectivity index (χ1v) is 4.98. The molecule has 0 aliphatic heterocycles. The Labute approximate surface area is 91.4 Å². The van der Waals surface area contributed by atoms with Crippen LogP contribution >= 0.6 is 15.9 Å². The number of carbonyl (C=O) groups is 1. The summed E-state index contributed by atoms with van der Waals surface area (Å²) in [5.74, 6) is -0.870. The van der Waals surface area contributed by atoms with Crippen LogP contribution in [0.3, 0.4) is 0 Å². The minimum absolute atomic E-state index is 0.382. The van der Waals surface area contributed by atoms with E-state index in [4.69, 9.17) is 5.11 Å². The van der Waals surface area contributed by atoms with E-state index in [9.17, 15) is 4.79 Å². The van der Waals surface area contributed by atoms with Crippen molar-refractivity contribution in [3.8, 4) is 0 Å². The summed E-state index contributed by atoms with van der Waals surface area (Å²) >= 11 is 3.33. The van der Waals surface area contributed by atoms with E-state index < -0.39 is 5.97 Å². The molecule has 0 heterocycles. The lowest BCUT2D eigenvalue weighted by molar-refractivity contribution is -0.132. The highest BCUT2D eigenvalue weighted by atomic mass is 79.9. The van der Waals surface area contributed by atoms with Gasteiger partial charge in [-0.3, -0.25) is 0 Å². The van der Waals surface area contributed by atoms with Gasteiger partial charge in [0.25, 0.3) is 0 Å². The maximum absolute atomic E-state index is 10.7. The van der Waals surface area contributed by atoms with Crippen molar-refractivity contribution in [2.24, 2.45) is 0 Å². The molecule has 1 aromatic rings. The third-order valence-electron chi connectivity index (χ3n) is 2.16. The predicted octanol–water partition coefficient (Wildman–Crippen LogP) is 3.33. The average Bonchev–Trinajstić information content (AvgIpc) is 2.16. The van der Waals surface area contributed by atoms with E-state index in [0.29, 0.717) is 5.57 Å². The Morgan fingerprint density at radius 2 is 1.71 bits per heavy atom. The van der Waals surface area contributed by atoms with E-state index in [-0.39, 0.29) is 0 Å². The van der Waals surface area contributed by atoms with Gasteiger partial charge in [0.15, 0.2) is 0 Å². The van der Waals surface area contributed by atoms with Gasteiger partial charge >= 0.3 is 5.97 Å². The van der Waals surface area contributed by atoms with E-state index in [2.05, 4.69) is 15.9 Å². The van der Waals surface area contributed by atoms with Gasteiger partial charge in [-0.25, -0.2) is 4.79 Å². The van der Waals surface area contributed by atoms with Crippen molar-refractivity contribution >= 4 is 27.5 Å². The summed E-state index contributed by atoms with van der Waals surface area (Å²) in [5.41, 5.74) is 2.12. The molecule has 0 aliphatic rings. The Kier molecular flexibility index (Phi) is 3.47. The van der Waals surface area contributed by atoms with Crippen molar-refractivity contribution in [3.63, 3.8) is 0 Å². The van der Waals surface area contributed by atoms with E-state index in [0.717, 1.165) is 15.6 Å². The molecule has 74 valence electrons. The summed E-state index contributed by atoms with van der Waals surface area (Å²) in [6.07, 6.45) is 0. The fraction of sp³-hybridized carbons (Fsp3) is 0.182. The molecule has 14 heavy (non-hydrogen) atoms. The summed E-state index contributed by atoms with van der Waals surface area (Å²) < 4.78 is 0.988. The Hall–Kier alpha value is -1.09. The zero-order valence-electron chi connectivity index (χ0n) is 8.04. The molecule has 0 amide bonds. The molecular formula is C11H11BrO2. The van der Waals surface area contributed by atoms with Crippen LogP contribution < -0.4 is 0 Å². The second-order valence-electron chi connectivity index (χ2n) is 3.06. The third-order valence-corrected chi connectivity index (χ3v) is 2.69. The Morgan fingerprint density at radius 3 is 2.14 bits per heavy atom. The van der Waals surface area contributed by atoms with Crippen LogP contribution in [-0.2, 0) is 4.79 Å². The van der Waals surface area contributed by atoms with Crippen LogP contribution in [0.25, 0.3) is 5.57 Å². The second-order valence-corrected chi connectivity index (χ2v) is 3.98. The Morgan fingerprint density at radius 1 is 1.21 bits per heavy atom. The molecule has 0 spiro atoms. The number of allylic oxidation sites excluding steroid dienone is 1. The lowest BCUT2D eigenvalue weighted by atomic mass is 10.0. The molecule has 1 N–H and O–H groups in total. The minimum Gasteiger partial charge on any atom is -0.478 e. The smallest absolute Gasteiger partial charge is 0.331 e. The van der Waals surface area contributed by atoms with Crippen LogP contribution in [0.4, 0.5) is 0 Å². The van der Waals surface area contributed by atoms with Crippen LogP contribution in [0.2, 0.25) is 0 Å². The van der Waals surface area contributed by atoms with Crippen LogP contribution in [0.1, 0.15) is 19.4 Å². The molecule has 0 atom stereocenters. The first kappa shape index (κ1) is 11.0. The highest BCUT2D eigenvalue weighted by molar-refractivity contribution is 9.10. The van der Waals surface area contributed by atoms with Crippen molar-refractivity contribution in [2.75, 3.05) is 0 Å². The molecule has 0 saturated carbocycles. The number of halogens is 1. The van der Waals surface area contributed by atoms with Gasteiger partial charge < -0.3 is 5.11 Å². The highest BCUT2D eigenvalue weighted by Crippen LogP contribution is 2.20. The number of benzene rings is 1. The SMILES string of the molecule is C/C(C(=O)O)=C(/C)c1ccc(Br)cc1. The van der Waals surface area contributed by atoms with Gasteiger partial charge in [-0.2, -0.15) is 0 Å². The van der Waals surface area contributed by atoms with Crippen molar-refractivity contribution < 1.29 is 9.90 Å². The molecule has 0 bridgehead atoms. The molecule has 0 unspecified atom stereocenters. The molecule has 1 rings (SSSR count). The second kappa shape index (κ2) is 4.42. The number of rotatable bonds is 2. The average molecular weight is 255 g/mol. The summed E-state index contributed by atoms with van der Waals surface area (Å²) in [7, 11) is 0. The third kappa shape index (κ3) is 2.45. The fourth-order valence-electron chi connectivity index (χ4n) is 1.08. The molecule has 1 aromatic carbocycles. The topological polar surface area (TPSA) is 37.3 Å². The van der Waals surface area contributed by atoms with E-state index >= 15 is 0 Å². The molecular weight excluding hydrogens is 244 g/mol. The summed E-state index contributed by atoms with van der Waals surface area (Å²) in [6, 6.07) is 7.58. The number of hydrogen-bond acceptors (Lipinski definition) is 1. The van der Waals surface area contributed by atoms with E-state index in [1.165, 1.54) is 0 Å². The first-order valence-electron chi connectivity index (χ1n) is 4.19. The number of hydrogen-bond donors (Lipinski definition) is 1. The molecule has 0 aromatic heterocycles. The van der Waals surface area contributed by atoms with Gasteiger partial charge in [0.1, 0.15) is 0 Å². The summed E-state index contributed by atoms with van der Waals surface area (Å²) in [5, 5.41) is 8.80. The highest BCUT2D eigenvalue weighted by Gasteiger charge is 2.06. The molecule has 0 saturated heterocycles. The van der Waals surface area contributed by atoms with Gasteiger partial charge in [-0.1, -0.05) is 28.1 Å². The lowest BCUT2D eigenvalue weighted by Gasteiger charge is -2.04. The van der Waals surface area contributed by atoms with Gasteiger partial charge in [0.2, 0.25) is 0 Å². The minimum atomic E-state index is -0.870. The predicted molar refractivity (Wildman–Crippen MR) is 60.0 cm³/mol. The monoisotopic (exact) mass is 254 g/mol. The Bertz CT molecular complexity index is 377. The van der Waals surface area contributed by atoms with E-state index in [1.54, 1.807) is 6.92 Å². The fourth-order valence-corrected chi connectivity index (χ4v) is 1.34. The maximum atomic E-state index is 10.7.